The molecular weight excluding hydrogens is 200 g/mol. The third-order valence-corrected chi connectivity index (χ3v) is 3.42. The molecule has 0 spiro atoms. The number of nitrogens with one attached hydrogen (secondary N) is 1. The number of rotatable bonds is 2. The Morgan fingerprint density at radius 2 is 2.19 bits per heavy atom. The molecule has 16 heavy (non-hydrogen) atoms. The molecule has 3 N–H and O–H groups in total. The van der Waals surface area contributed by atoms with Gasteiger partial charge < -0.3 is 15.8 Å². The summed E-state index contributed by atoms with van der Waals surface area (Å²) in [4.78, 5) is 0. The van der Waals surface area contributed by atoms with Gasteiger partial charge in [0.25, 0.3) is 0 Å². The molecule has 0 radical (unpaired) electrons. The highest BCUT2D eigenvalue weighted by Crippen LogP contribution is 2.30. The lowest BCUT2D eigenvalue weighted by Crippen LogP contribution is -2.41. The minimum Gasteiger partial charge on any atom is -0.399 e. The van der Waals surface area contributed by atoms with Gasteiger partial charge in [-0.3, -0.25) is 0 Å². The maximum atomic E-state index is 5.84. The molecule has 2 rings (SSSR count). The molecule has 1 saturated heterocycles. The molecule has 1 aromatic carbocycles. The average molecular weight is 220 g/mol. The van der Waals surface area contributed by atoms with Crippen molar-refractivity contribution >= 4 is 11.4 Å². The second kappa shape index (κ2) is 3.98. The van der Waals surface area contributed by atoms with E-state index in [0.29, 0.717) is 0 Å². The van der Waals surface area contributed by atoms with Crippen molar-refractivity contribution in [2.75, 3.05) is 17.7 Å². The average Bonchev–Trinajstić information content (AvgIpc) is 2.44. The minimum absolute atomic E-state index is 0.0141. The predicted molar refractivity (Wildman–Crippen MR) is 67.7 cm³/mol. The van der Waals surface area contributed by atoms with Crippen LogP contribution < -0.4 is 11.1 Å². The summed E-state index contributed by atoms with van der Waals surface area (Å²) in [5.41, 5.74) is 8.92. The lowest BCUT2D eigenvalue weighted by Gasteiger charge is -2.30. The lowest BCUT2D eigenvalue weighted by atomic mass is 9.94. The van der Waals surface area contributed by atoms with E-state index < -0.39 is 0 Å². The van der Waals surface area contributed by atoms with Crippen LogP contribution in [-0.2, 0) is 4.74 Å². The Morgan fingerprint density at radius 1 is 1.44 bits per heavy atom. The quantitative estimate of drug-likeness (QED) is 0.753. The van der Waals surface area contributed by atoms with Gasteiger partial charge in [0.05, 0.1) is 11.6 Å². The van der Waals surface area contributed by atoms with Gasteiger partial charge in [-0.15, -0.1) is 0 Å². The minimum atomic E-state index is 0.0141. The fraction of sp³-hybridized carbons (Fsp3) is 0.538. The monoisotopic (exact) mass is 220 g/mol. The van der Waals surface area contributed by atoms with Crippen molar-refractivity contribution < 1.29 is 4.74 Å². The van der Waals surface area contributed by atoms with Crippen LogP contribution in [0.4, 0.5) is 11.4 Å². The predicted octanol–water partition coefficient (Wildman–Crippen LogP) is 2.56. The second-order valence-corrected chi connectivity index (χ2v) is 4.94. The molecule has 0 saturated carbocycles. The Kier molecular flexibility index (Phi) is 2.80. The third kappa shape index (κ3) is 2.14. The summed E-state index contributed by atoms with van der Waals surface area (Å²) in [5.74, 6) is 0. The highest BCUT2D eigenvalue weighted by molar-refractivity contribution is 5.58. The number of hydrogen-bond acceptors (Lipinski definition) is 3. The Hall–Kier alpha value is -1.22. The van der Waals surface area contributed by atoms with Crippen molar-refractivity contribution in [1.82, 2.24) is 0 Å². The molecule has 1 heterocycles. The van der Waals surface area contributed by atoms with E-state index >= 15 is 0 Å². The molecule has 0 bridgehead atoms. The van der Waals surface area contributed by atoms with Crippen LogP contribution in [0.5, 0.6) is 0 Å². The fourth-order valence-electron chi connectivity index (χ4n) is 2.21. The molecule has 1 aliphatic rings. The van der Waals surface area contributed by atoms with Crippen LogP contribution in [0.3, 0.4) is 0 Å². The molecule has 1 aromatic rings. The summed E-state index contributed by atoms with van der Waals surface area (Å²) in [5, 5.41) is 3.54. The molecule has 0 aromatic heterocycles. The topological polar surface area (TPSA) is 47.3 Å². The van der Waals surface area contributed by atoms with Crippen LogP contribution in [-0.4, -0.2) is 18.2 Å². The number of benzene rings is 1. The van der Waals surface area contributed by atoms with Crippen LogP contribution in [0, 0.1) is 6.92 Å². The van der Waals surface area contributed by atoms with Crippen LogP contribution >= 0.6 is 0 Å². The zero-order chi connectivity index (χ0) is 11.8. The molecule has 2 unspecified atom stereocenters. The van der Waals surface area contributed by atoms with E-state index in [0.717, 1.165) is 24.4 Å². The van der Waals surface area contributed by atoms with Crippen molar-refractivity contribution in [2.45, 2.75) is 38.8 Å². The van der Waals surface area contributed by atoms with E-state index in [1.54, 1.807) is 0 Å². The molecule has 3 heteroatoms. The molecule has 2 atom stereocenters. The number of nitrogen functional groups attached to an aromatic ring is 1. The SMILES string of the molecule is Cc1cc(N)cc(NC2(C)CCOC2C)c1. The van der Waals surface area contributed by atoms with Gasteiger partial charge in [0.1, 0.15) is 0 Å². The Labute approximate surface area is 97.0 Å². The van der Waals surface area contributed by atoms with Crippen molar-refractivity contribution in [3.8, 4) is 0 Å². The van der Waals surface area contributed by atoms with E-state index in [4.69, 9.17) is 10.5 Å². The summed E-state index contributed by atoms with van der Waals surface area (Å²) < 4.78 is 5.61. The standard InChI is InChI=1S/C13H20N2O/c1-9-6-11(14)8-12(7-9)15-13(3)4-5-16-10(13)2/h6-8,10,15H,4-5,14H2,1-3H3. The number of hydrogen-bond donors (Lipinski definition) is 2. The van der Waals surface area contributed by atoms with Gasteiger partial charge >= 0.3 is 0 Å². The second-order valence-electron chi connectivity index (χ2n) is 4.94. The lowest BCUT2D eigenvalue weighted by molar-refractivity contribution is 0.105. The van der Waals surface area contributed by atoms with Crippen LogP contribution in [0.25, 0.3) is 0 Å². The Morgan fingerprint density at radius 3 is 2.75 bits per heavy atom. The molecule has 0 amide bonds. The van der Waals surface area contributed by atoms with E-state index in [1.165, 1.54) is 5.56 Å². The molecule has 88 valence electrons. The summed E-state index contributed by atoms with van der Waals surface area (Å²) >= 11 is 0. The normalized spacial score (nSPS) is 29.3. The first kappa shape index (κ1) is 11.3. The number of ether oxygens (including phenoxy) is 1. The first-order chi connectivity index (χ1) is 7.49. The fourth-order valence-corrected chi connectivity index (χ4v) is 2.21. The van der Waals surface area contributed by atoms with E-state index in [-0.39, 0.29) is 11.6 Å². The summed E-state index contributed by atoms with van der Waals surface area (Å²) in [6.45, 7) is 7.19. The maximum absolute atomic E-state index is 5.84. The van der Waals surface area contributed by atoms with Crippen LogP contribution in [0.15, 0.2) is 18.2 Å². The highest BCUT2D eigenvalue weighted by Gasteiger charge is 2.36. The Balaban J connectivity index is 2.20. The molecule has 1 fully saturated rings. The third-order valence-electron chi connectivity index (χ3n) is 3.42. The molecule has 1 aliphatic heterocycles. The van der Waals surface area contributed by atoms with Crippen molar-refractivity contribution in [2.24, 2.45) is 0 Å². The number of nitrogens with two attached hydrogens (primary N) is 1. The zero-order valence-corrected chi connectivity index (χ0v) is 10.2. The molecule has 0 aliphatic carbocycles. The summed E-state index contributed by atoms with van der Waals surface area (Å²) in [6, 6.07) is 6.07. The van der Waals surface area contributed by atoms with E-state index in [2.05, 4.69) is 32.2 Å². The van der Waals surface area contributed by atoms with Gasteiger partial charge in [-0.2, -0.15) is 0 Å². The summed E-state index contributed by atoms with van der Waals surface area (Å²) in [6.07, 6.45) is 1.26. The van der Waals surface area contributed by atoms with Crippen LogP contribution in [0.1, 0.15) is 25.8 Å². The van der Waals surface area contributed by atoms with Crippen molar-refractivity contribution in [1.29, 1.82) is 0 Å². The van der Waals surface area contributed by atoms with Gasteiger partial charge in [0.2, 0.25) is 0 Å². The largest absolute Gasteiger partial charge is 0.399 e. The van der Waals surface area contributed by atoms with Gasteiger partial charge in [-0.05, 0) is 51.0 Å². The van der Waals surface area contributed by atoms with Gasteiger partial charge in [0, 0.05) is 18.0 Å². The van der Waals surface area contributed by atoms with Gasteiger partial charge in [-0.25, -0.2) is 0 Å². The highest BCUT2D eigenvalue weighted by atomic mass is 16.5. The van der Waals surface area contributed by atoms with Gasteiger partial charge in [0.15, 0.2) is 0 Å². The van der Waals surface area contributed by atoms with Gasteiger partial charge in [-0.1, -0.05) is 0 Å². The number of anilines is 2. The van der Waals surface area contributed by atoms with E-state index in [1.807, 2.05) is 12.1 Å². The summed E-state index contributed by atoms with van der Waals surface area (Å²) in [7, 11) is 0. The first-order valence-corrected chi connectivity index (χ1v) is 5.76. The molecule has 3 nitrogen and oxygen atoms in total. The van der Waals surface area contributed by atoms with Crippen LogP contribution in [0.2, 0.25) is 0 Å². The van der Waals surface area contributed by atoms with Crippen molar-refractivity contribution in [3.05, 3.63) is 23.8 Å². The molecular formula is C13H20N2O. The smallest absolute Gasteiger partial charge is 0.0774 e. The Bertz CT molecular complexity index is 371. The van der Waals surface area contributed by atoms with E-state index in [9.17, 15) is 0 Å². The number of aryl methyl sites for hydroxylation is 1. The maximum Gasteiger partial charge on any atom is 0.0774 e. The zero-order valence-electron chi connectivity index (χ0n) is 10.2. The van der Waals surface area contributed by atoms with Crippen molar-refractivity contribution in [3.63, 3.8) is 0 Å². The first-order valence-electron chi connectivity index (χ1n) is 5.76.